The van der Waals surface area contributed by atoms with Gasteiger partial charge in [0.15, 0.2) is 6.10 Å². The summed E-state index contributed by atoms with van der Waals surface area (Å²) in [4.78, 5) is 22.2. The number of nitrogens with two attached hydrogens (primary N) is 1. The molecule has 0 saturated heterocycles. The molecule has 0 aromatic heterocycles. The number of rotatable bonds is 37. The van der Waals surface area contributed by atoms with E-state index in [9.17, 15) is 14.3 Å². The zero-order valence-electron chi connectivity index (χ0n) is 31.9. The molecule has 0 aromatic rings. The fraction of sp³-hybridized carbons (Fsp3) is 0.732. The number of phosphoric acid groups is 1. The van der Waals surface area contributed by atoms with Gasteiger partial charge in [0.05, 0.1) is 19.5 Å². The van der Waals surface area contributed by atoms with Crippen molar-refractivity contribution in [3.8, 4) is 0 Å². The van der Waals surface area contributed by atoms with E-state index in [0.29, 0.717) is 6.42 Å². The van der Waals surface area contributed by atoms with Crippen molar-refractivity contribution in [2.45, 2.75) is 168 Å². The van der Waals surface area contributed by atoms with Gasteiger partial charge in [-0.2, -0.15) is 0 Å². The first-order chi connectivity index (χ1) is 24.4. The van der Waals surface area contributed by atoms with Crippen molar-refractivity contribution < 1.29 is 32.8 Å². The number of allylic oxidation sites excluding steroid dienone is 9. The molecule has 0 heterocycles. The van der Waals surface area contributed by atoms with Gasteiger partial charge in [-0.1, -0.05) is 146 Å². The Balaban J connectivity index is 4.23. The number of carbonyl (C=O) groups is 1. The van der Waals surface area contributed by atoms with Gasteiger partial charge in [0.1, 0.15) is 6.61 Å². The van der Waals surface area contributed by atoms with Crippen LogP contribution >= 0.6 is 7.82 Å². The first-order valence-corrected chi connectivity index (χ1v) is 21.3. The molecular weight excluding hydrogens is 649 g/mol. The van der Waals surface area contributed by atoms with Crippen LogP contribution in [0, 0.1) is 0 Å². The van der Waals surface area contributed by atoms with Crippen LogP contribution < -0.4 is 5.73 Å². The Kier molecular flexibility index (Phi) is 36.8. The Morgan fingerprint density at radius 1 is 0.620 bits per heavy atom. The van der Waals surface area contributed by atoms with E-state index >= 15 is 0 Å². The van der Waals surface area contributed by atoms with Gasteiger partial charge >= 0.3 is 13.8 Å². The minimum atomic E-state index is -4.28. The zero-order valence-corrected chi connectivity index (χ0v) is 32.8. The van der Waals surface area contributed by atoms with Crippen molar-refractivity contribution >= 4 is 13.8 Å². The Morgan fingerprint density at radius 2 is 1.08 bits per heavy atom. The topological polar surface area (TPSA) is 117 Å². The van der Waals surface area contributed by atoms with Crippen LogP contribution in [0.4, 0.5) is 0 Å². The van der Waals surface area contributed by atoms with Crippen LogP contribution in [0.2, 0.25) is 0 Å². The summed E-state index contributed by atoms with van der Waals surface area (Å²) in [6.07, 6.45) is 46.2. The molecule has 0 radical (unpaired) electrons. The number of phosphoric ester groups is 1. The van der Waals surface area contributed by atoms with Crippen LogP contribution in [0.1, 0.15) is 162 Å². The van der Waals surface area contributed by atoms with E-state index in [1.807, 2.05) is 6.08 Å². The third kappa shape index (κ3) is 37.3. The third-order valence-corrected chi connectivity index (χ3v) is 9.01. The van der Waals surface area contributed by atoms with E-state index in [1.165, 1.54) is 96.3 Å². The van der Waals surface area contributed by atoms with Gasteiger partial charge < -0.3 is 20.1 Å². The summed E-state index contributed by atoms with van der Waals surface area (Å²) in [5, 5.41) is 0. The van der Waals surface area contributed by atoms with Crippen LogP contribution in [0.5, 0.6) is 0 Å². The molecule has 8 nitrogen and oxygen atoms in total. The average molecular weight is 724 g/mol. The summed E-state index contributed by atoms with van der Waals surface area (Å²) in [7, 11) is -4.28. The molecule has 290 valence electrons. The van der Waals surface area contributed by atoms with Crippen LogP contribution in [0.3, 0.4) is 0 Å². The van der Waals surface area contributed by atoms with Crippen molar-refractivity contribution in [1.82, 2.24) is 0 Å². The van der Waals surface area contributed by atoms with E-state index in [0.717, 1.165) is 38.5 Å². The number of hydrogen-bond acceptors (Lipinski definition) is 7. The SMILES string of the molecule is CCCCCC=CCC=CCC=CCC=CCCCC(=O)OCC(COP(=O)(O)OCCN)OC=CCCCCCCCCCCCCCC. The lowest BCUT2D eigenvalue weighted by Gasteiger charge is -2.19. The minimum Gasteiger partial charge on any atom is -0.492 e. The molecule has 0 aliphatic heterocycles. The van der Waals surface area contributed by atoms with Crippen molar-refractivity contribution in [3.05, 3.63) is 60.9 Å². The third-order valence-electron chi connectivity index (χ3n) is 8.03. The second kappa shape index (κ2) is 38.3. The standard InChI is InChI=1S/C41H74NO7P/c1-3-5-7-9-11-13-15-17-19-20-21-22-24-26-28-30-32-34-41(43)47-38-40(39-49-50(44,45)48-37-35-42)46-36-33-31-29-27-25-23-18-16-14-12-10-8-6-4-2/h11,13,17,19,21-22,26,28,33,36,40H,3-10,12,14-16,18,20,23-25,27,29-32,34-35,37-39,42H2,1-2H3,(H,44,45). The highest BCUT2D eigenvalue weighted by Crippen LogP contribution is 2.43. The van der Waals surface area contributed by atoms with Gasteiger partial charge in [-0.25, -0.2) is 4.57 Å². The molecule has 0 rings (SSSR count). The Hall–Kier alpha value is -1.96. The maximum Gasteiger partial charge on any atom is 0.472 e. The van der Waals surface area contributed by atoms with Gasteiger partial charge in [-0.05, 0) is 63.9 Å². The first-order valence-electron chi connectivity index (χ1n) is 19.8. The molecule has 3 N–H and O–H groups in total. The van der Waals surface area contributed by atoms with Gasteiger partial charge in [0, 0.05) is 13.0 Å². The molecule has 9 heteroatoms. The second-order valence-corrected chi connectivity index (χ2v) is 14.3. The van der Waals surface area contributed by atoms with Gasteiger partial charge in [-0.15, -0.1) is 0 Å². The Morgan fingerprint density at radius 3 is 1.64 bits per heavy atom. The summed E-state index contributed by atoms with van der Waals surface area (Å²) in [6.45, 7) is 4.11. The van der Waals surface area contributed by atoms with Crippen molar-refractivity contribution in [1.29, 1.82) is 0 Å². The minimum absolute atomic E-state index is 0.0916. The quantitative estimate of drug-likeness (QED) is 0.0214. The molecule has 0 fully saturated rings. The first kappa shape index (κ1) is 48.0. The predicted molar refractivity (Wildman–Crippen MR) is 210 cm³/mol. The van der Waals surface area contributed by atoms with Crippen LogP contribution in [-0.4, -0.2) is 43.3 Å². The summed E-state index contributed by atoms with van der Waals surface area (Å²) in [6, 6.07) is 0. The predicted octanol–water partition coefficient (Wildman–Crippen LogP) is 11.8. The summed E-state index contributed by atoms with van der Waals surface area (Å²) >= 11 is 0. The maximum absolute atomic E-state index is 12.3. The van der Waals surface area contributed by atoms with Crippen LogP contribution in [0.25, 0.3) is 0 Å². The average Bonchev–Trinajstić information content (AvgIpc) is 3.11. The Labute approximate surface area is 306 Å². The largest absolute Gasteiger partial charge is 0.492 e. The number of esters is 1. The molecule has 0 aliphatic rings. The highest BCUT2D eigenvalue weighted by molar-refractivity contribution is 7.47. The lowest BCUT2D eigenvalue weighted by atomic mass is 10.0. The lowest BCUT2D eigenvalue weighted by Crippen LogP contribution is -2.25. The van der Waals surface area contributed by atoms with Crippen LogP contribution in [-0.2, 0) is 27.9 Å². The molecule has 2 atom stereocenters. The molecule has 0 bridgehead atoms. The van der Waals surface area contributed by atoms with Gasteiger partial charge in [0.2, 0.25) is 0 Å². The number of ether oxygens (including phenoxy) is 2. The van der Waals surface area contributed by atoms with Crippen molar-refractivity contribution in [3.63, 3.8) is 0 Å². The number of carbonyl (C=O) groups excluding carboxylic acids is 1. The van der Waals surface area contributed by atoms with Gasteiger partial charge in [-0.3, -0.25) is 13.8 Å². The summed E-state index contributed by atoms with van der Waals surface area (Å²) < 4.78 is 33.0. The van der Waals surface area contributed by atoms with E-state index < -0.39 is 13.9 Å². The Bertz CT molecular complexity index is 947. The van der Waals surface area contributed by atoms with E-state index in [-0.39, 0.29) is 38.8 Å². The molecular formula is C41H74NO7P. The fourth-order valence-electron chi connectivity index (χ4n) is 5.03. The molecule has 0 saturated carbocycles. The number of hydrogen-bond donors (Lipinski definition) is 2. The van der Waals surface area contributed by atoms with E-state index in [4.69, 9.17) is 24.3 Å². The highest BCUT2D eigenvalue weighted by atomic mass is 31.2. The second-order valence-electron chi connectivity index (χ2n) is 12.9. The molecule has 0 aliphatic carbocycles. The molecule has 0 amide bonds. The lowest BCUT2D eigenvalue weighted by molar-refractivity contribution is -0.147. The van der Waals surface area contributed by atoms with Crippen LogP contribution in [0.15, 0.2) is 60.9 Å². The normalized spacial score (nSPS) is 14.2. The van der Waals surface area contributed by atoms with E-state index in [2.05, 4.69) is 62.5 Å². The van der Waals surface area contributed by atoms with Crippen molar-refractivity contribution in [2.75, 3.05) is 26.4 Å². The maximum atomic E-state index is 12.3. The summed E-state index contributed by atoms with van der Waals surface area (Å²) in [5.41, 5.74) is 5.35. The molecule has 0 spiro atoms. The van der Waals surface area contributed by atoms with E-state index in [1.54, 1.807) is 6.26 Å². The number of unbranched alkanes of at least 4 members (excludes halogenated alkanes) is 16. The zero-order chi connectivity index (χ0) is 36.6. The highest BCUT2D eigenvalue weighted by Gasteiger charge is 2.24. The molecule has 50 heavy (non-hydrogen) atoms. The van der Waals surface area contributed by atoms with Crippen molar-refractivity contribution in [2.24, 2.45) is 5.73 Å². The van der Waals surface area contributed by atoms with Gasteiger partial charge in [0.25, 0.3) is 0 Å². The molecule has 2 unspecified atom stereocenters. The monoisotopic (exact) mass is 724 g/mol. The summed E-state index contributed by atoms with van der Waals surface area (Å²) in [5.74, 6) is -0.346. The molecule has 0 aromatic carbocycles. The smallest absolute Gasteiger partial charge is 0.472 e. The fourth-order valence-corrected chi connectivity index (χ4v) is 5.80.